The Hall–Kier alpha value is -3.08. The minimum atomic E-state index is -0.367. The Balaban J connectivity index is 1.65. The maximum atomic E-state index is 12.6. The van der Waals surface area contributed by atoms with Gasteiger partial charge in [-0.05, 0) is 55.3 Å². The van der Waals surface area contributed by atoms with Crippen molar-refractivity contribution in [1.82, 2.24) is 0 Å². The van der Waals surface area contributed by atoms with Crippen LogP contribution in [-0.2, 0) is 9.59 Å². The second-order valence-electron chi connectivity index (χ2n) is 6.81. The maximum absolute atomic E-state index is 12.6. The van der Waals surface area contributed by atoms with Crippen LogP contribution in [-0.4, -0.2) is 25.0 Å². The highest BCUT2D eigenvalue weighted by Crippen LogP contribution is 2.29. The number of carbonyl (C=O) groups excluding carboxylic acids is 2. The summed E-state index contributed by atoms with van der Waals surface area (Å²) in [4.78, 5) is 26.8. The summed E-state index contributed by atoms with van der Waals surface area (Å²) in [5.41, 5.74) is 3.70. The molecule has 1 aliphatic heterocycles. The highest BCUT2D eigenvalue weighted by Gasteiger charge is 2.35. The molecule has 0 saturated carbocycles. The van der Waals surface area contributed by atoms with E-state index in [0.717, 1.165) is 16.8 Å². The molecule has 1 atom stereocenters. The number of nitrogens with zero attached hydrogens (tertiary/aromatic N) is 1. The van der Waals surface area contributed by atoms with Crippen LogP contribution in [0.15, 0.2) is 55.1 Å². The normalized spacial score (nSPS) is 16.3. The van der Waals surface area contributed by atoms with Crippen LogP contribution in [0.2, 0.25) is 0 Å². The predicted molar refractivity (Wildman–Crippen MR) is 107 cm³/mol. The zero-order chi connectivity index (χ0) is 19.4. The second kappa shape index (κ2) is 8.08. The van der Waals surface area contributed by atoms with Gasteiger partial charge in [0, 0.05) is 24.3 Å². The van der Waals surface area contributed by atoms with Gasteiger partial charge in [0.1, 0.15) is 12.4 Å². The van der Waals surface area contributed by atoms with Crippen LogP contribution in [0.25, 0.3) is 0 Å². The number of ether oxygens (including phenoxy) is 1. The predicted octanol–water partition coefficient (Wildman–Crippen LogP) is 3.86. The minimum Gasteiger partial charge on any atom is -0.490 e. The lowest BCUT2D eigenvalue weighted by Crippen LogP contribution is -2.28. The molecule has 1 N–H and O–H groups in total. The van der Waals surface area contributed by atoms with E-state index in [0.29, 0.717) is 24.6 Å². The molecule has 2 aromatic carbocycles. The van der Waals surface area contributed by atoms with E-state index in [1.807, 2.05) is 32.0 Å². The highest BCUT2D eigenvalue weighted by atomic mass is 16.5. The van der Waals surface area contributed by atoms with Crippen molar-refractivity contribution in [2.75, 3.05) is 23.4 Å². The first-order valence-electron chi connectivity index (χ1n) is 9.00. The summed E-state index contributed by atoms with van der Waals surface area (Å²) < 4.78 is 5.43. The van der Waals surface area contributed by atoms with Crippen LogP contribution in [0.1, 0.15) is 17.5 Å². The van der Waals surface area contributed by atoms with Gasteiger partial charge in [0.2, 0.25) is 11.8 Å². The Kier molecular flexibility index (Phi) is 5.60. The third-order valence-corrected chi connectivity index (χ3v) is 4.64. The van der Waals surface area contributed by atoms with Crippen LogP contribution in [0.4, 0.5) is 11.4 Å². The number of nitrogens with one attached hydrogen (secondary N) is 1. The van der Waals surface area contributed by atoms with Crippen LogP contribution < -0.4 is 15.0 Å². The molecule has 2 aromatic rings. The van der Waals surface area contributed by atoms with Crippen molar-refractivity contribution in [1.29, 1.82) is 0 Å². The largest absolute Gasteiger partial charge is 0.490 e. The fourth-order valence-corrected chi connectivity index (χ4v) is 3.16. The van der Waals surface area contributed by atoms with E-state index in [-0.39, 0.29) is 24.2 Å². The van der Waals surface area contributed by atoms with Crippen LogP contribution in [0, 0.1) is 19.8 Å². The molecule has 1 fully saturated rings. The monoisotopic (exact) mass is 364 g/mol. The van der Waals surface area contributed by atoms with Crippen LogP contribution in [0.5, 0.6) is 5.75 Å². The molecule has 2 amide bonds. The Bertz CT molecular complexity index is 858. The number of amides is 2. The summed E-state index contributed by atoms with van der Waals surface area (Å²) in [7, 11) is 0. The van der Waals surface area contributed by atoms with Crippen molar-refractivity contribution >= 4 is 23.2 Å². The molecule has 27 heavy (non-hydrogen) atoms. The molecule has 0 spiro atoms. The summed E-state index contributed by atoms with van der Waals surface area (Å²) in [6, 6.07) is 13.2. The topological polar surface area (TPSA) is 58.6 Å². The van der Waals surface area contributed by atoms with Crippen molar-refractivity contribution in [3.05, 3.63) is 66.2 Å². The van der Waals surface area contributed by atoms with E-state index in [9.17, 15) is 9.59 Å². The molecule has 1 unspecified atom stereocenters. The lowest BCUT2D eigenvalue weighted by atomic mass is 10.1. The fraction of sp³-hybridized carbons (Fsp3) is 0.273. The zero-order valence-electron chi connectivity index (χ0n) is 15.7. The Morgan fingerprint density at radius 1 is 1.26 bits per heavy atom. The molecule has 0 bridgehead atoms. The Labute approximate surface area is 159 Å². The molecule has 0 aliphatic carbocycles. The van der Waals surface area contributed by atoms with Gasteiger partial charge in [0.05, 0.1) is 5.92 Å². The summed E-state index contributed by atoms with van der Waals surface area (Å²) >= 11 is 0. The second-order valence-corrected chi connectivity index (χ2v) is 6.81. The number of aryl methyl sites for hydroxylation is 2. The average Bonchev–Trinajstić information content (AvgIpc) is 3.05. The number of anilines is 2. The zero-order valence-corrected chi connectivity index (χ0v) is 15.7. The number of rotatable bonds is 6. The van der Waals surface area contributed by atoms with E-state index in [4.69, 9.17) is 4.74 Å². The van der Waals surface area contributed by atoms with Gasteiger partial charge in [0.15, 0.2) is 0 Å². The number of benzene rings is 2. The summed E-state index contributed by atoms with van der Waals surface area (Å²) in [6.45, 7) is 8.41. The standard InChI is InChI=1S/C22H24N2O3/c1-4-11-27-19-9-7-18(8-10-19)23-22(26)17-13-21(25)24(14-17)20-12-15(2)5-6-16(20)3/h4-10,12,17H,1,11,13-14H2,2-3H3,(H,23,26). The molecular formula is C22H24N2O3. The molecule has 5 nitrogen and oxygen atoms in total. The molecule has 0 aromatic heterocycles. The van der Waals surface area contributed by atoms with Gasteiger partial charge in [-0.1, -0.05) is 24.8 Å². The lowest BCUT2D eigenvalue weighted by molar-refractivity contribution is -0.122. The molecule has 0 radical (unpaired) electrons. The van der Waals surface area contributed by atoms with Gasteiger partial charge < -0.3 is 15.0 Å². The molecule has 140 valence electrons. The molecular weight excluding hydrogens is 340 g/mol. The maximum Gasteiger partial charge on any atom is 0.229 e. The summed E-state index contributed by atoms with van der Waals surface area (Å²) in [6.07, 6.45) is 1.90. The summed E-state index contributed by atoms with van der Waals surface area (Å²) in [5.74, 6) is 0.187. The molecule has 1 heterocycles. The van der Waals surface area contributed by atoms with Crippen molar-refractivity contribution in [3.63, 3.8) is 0 Å². The Morgan fingerprint density at radius 2 is 2.00 bits per heavy atom. The number of carbonyl (C=O) groups is 2. The van der Waals surface area contributed by atoms with Crippen molar-refractivity contribution in [2.24, 2.45) is 5.92 Å². The average molecular weight is 364 g/mol. The third-order valence-electron chi connectivity index (χ3n) is 4.64. The van der Waals surface area contributed by atoms with Gasteiger partial charge in [-0.25, -0.2) is 0 Å². The van der Waals surface area contributed by atoms with Gasteiger partial charge in [-0.15, -0.1) is 0 Å². The highest BCUT2D eigenvalue weighted by molar-refractivity contribution is 6.03. The van der Waals surface area contributed by atoms with E-state index >= 15 is 0 Å². The smallest absolute Gasteiger partial charge is 0.229 e. The number of hydrogen-bond donors (Lipinski definition) is 1. The van der Waals surface area contributed by atoms with E-state index in [2.05, 4.69) is 11.9 Å². The molecule has 3 rings (SSSR count). The van der Waals surface area contributed by atoms with Crippen molar-refractivity contribution < 1.29 is 14.3 Å². The van der Waals surface area contributed by atoms with E-state index in [1.54, 1.807) is 35.2 Å². The first-order chi connectivity index (χ1) is 13.0. The van der Waals surface area contributed by atoms with Gasteiger partial charge in [-0.3, -0.25) is 9.59 Å². The minimum absolute atomic E-state index is 0.0166. The van der Waals surface area contributed by atoms with Gasteiger partial charge in [0.25, 0.3) is 0 Å². The van der Waals surface area contributed by atoms with Gasteiger partial charge >= 0.3 is 0 Å². The quantitative estimate of drug-likeness (QED) is 0.792. The molecule has 5 heteroatoms. The van der Waals surface area contributed by atoms with E-state index in [1.165, 1.54) is 0 Å². The summed E-state index contributed by atoms with van der Waals surface area (Å²) in [5, 5.41) is 2.89. The first kappa shape index (κ1) is 18.7. The van der Waals surface area contributed by atoms with Crippen LogP contribution in [0.3, 0.4) is 0 Å². The third kappa shape index (κ3) is 4.37. The number of hydrogen-bond acceptors (Lipinski definition) is 3. The lowest BCUT2D eigenvalue weighted by Gasteiger charge is -2.19. The van der Waals surface area contributed by atoms with Crippen LogP contribution >= 0.6 is 0 Å². The SMILES string of the molecule is C=CCOc1ccc(NC(=O)C2CC(=O)N(c3cc(C)ccc3C)C2)cc1. The molecule has 1 saturated heterocycles. The van der Waals surface area contributed by atoms with Crippen molar-refractivity contribution in [3.8, 4) is 5.75 Å². The fourth-order valence-electron chi connectivity index (χ4n) is 3.16. The van der Waals surface area contributed by atoms with E-state index < -0.39 is 0 Å². The molecule has 1 aliphatic rings. The van der Waals surface area contributed by atoms with Gasteiger partial charge in [-0.2, -0.15) is 0 Å². The van der Waals surface area contributed by atoms with Crippen molar-refractivity contribution in [2.45, 2.75) is 20.3 Å². The Morgan fingerprint density at radius 3 is 2.70 bits per heavy atom. The first-order valence-corrected chi connectivity index (χ1v) is 9.00.